The zero-order valence-corrected chi connectivity index (χ0v) is 21.9. The summed E-state index contributed by atoms with van der Waals surface area (Å²) in [6.45, 7) is 0.0429. The molecule has 4 unspecified atom stereocenters. The largest absolute Gasteiger partial charge is 0.481 e. The quantitative estimate of drug-likeness (QED) is 0.139. The Morgan fingerprint density at radius 2 is 0.575 bits per heavy atom. The third-order valence-corrected chi connectivity index (χ3v) is 6.74. The maximum Gasteiger partial charge on any atom is 0.305 e. The molecule has 0 radical (unpaired) electrons. The van der Waals surface area contributed by atoms with E-state index in [1.54, 1.807) is 0 Å². The fraction of sp³-hybridized carbons (Fsp3) is 0.667. The Bertz CT molecular complexity index is 756. The van der Waals surface area contributed by atoms with Gasteiger partial charge in [0.25, 0.3) is 0 Å². The minimum absolute atomic E-state index is 0.00536. The molecule has 4 atom stereocenters. The Labute approximate surface area is 230 Å². The molecular weight excluding hydrogens is 536 g/mol. The molecular formula is C24H36N4O12. The molecule has 40 heavy (non-hydrogen) atoms. The standard InChI is InChI=1S/C24H36N4O12/c29-13-17(9-21(33)34)25-1-2-26(18(14-30)10-22(35)36)5-6-28(20(16-32)12-24(39)40)8-7-27(4-3-25)19(15-31)11-23(37)38/h13-20H,1-12H2,(H,33,34)(H,35,36)(H,37,38)(H,39,40). The van der Waals surface area contributed by atoms with E-state index in [4.69, 9.17) is 0 Å². The first-order valence-corrected chi connectivity index (χ1v) is 12.6. The average Bonchev–Trinajstić information content (AvgIpc) is 2.88. The maximum atomic E-state index is 11.8. The fourth-order valence-electron chi connectivity index (χ4n) is 4.57. The zero-order chi connectivity index (χ0) is 30.2. The van der Waals surface area contributed by atoms with E-state index >= 15 is 0 Å². The highest BCUT2D eigenvalue weighted by molar-refractivity contribution is 5.75. The Hall–Kier alpha value is -3.60. The van der Waals surface area contributed by atoms with Crippen molar-refractivity contribution in [2.24, 2.45) is 0 Å². The van der Waals surface area contributed by atoms with Crippen LogP contribution in [0.25, 0.3) is 0 Å². The molecule has 224 valence electrons. The minimum Gasteiger partial charge on any atom is -0.481 e. The zero-order valence-electron chi connectivity index (χ0n) is 21.9. The summed E-state index contributed by atoms with van der Waals surface area (Å²) in [6.07, 6.45) is -0.421. The summed E-state index contributed by atoms with van der Waals surface area (Å²) < 4.78 is 0. The predicted molar refractivity (Wildman–Crippen MR) is 135 cm³/mol. The molecule has 16 heteroatoms. The van der Waals surface area contributed by atoms with Crippen molar-refractivity contribution in [2.45, 2.75) is 49.9 Å². The summed E-state index contributed by atoms with van der Waals surface area (Å²) in [5.74, 6) is -5.00. The van der Waals surface area contributed by atoms with Gasteiger partial charge in [0.15, 0.2) is 0 Å². The lowest BCUT2D eigenvalue weighted by Crippen LogP contribution is -2.54. The molecule has 1 heterocycles. The number of carbonyl (C=O) groups is 8. The summed E-state index contributed by atoms with van der Waals surface area (Å²) in [5.41, 5.74) is 0. The Morgan fingerprint density at radius 1 is 0.425 bits per heavy atom. The van der Waals surface area contributed by atoms with Crippen LogP contribution in [0.3, 0.4) is 0 Å². The first kappa shape index (κ1) is 34.4. The molecule has 16 nitrogen and oxygen atoms in total. The molecule has 0 bridgehead atoms. The van der Waals surface area contributed by atoms with E-state index in [9.17, 15) is 58.8 Å². The van der Waals surface area contributed by atoms with Crippen molar-refractivity contribution in [1.29, 1.82) is 0 Å². The number of rotatable bonds is 16. The van der Waals surface area contributed by atoms with E-state index in [-0.39, 0.29) is 52.4 Å². The van der Waals surface area contributed by atoms with Gasteiger partial charge in [0.05, 0.1) is 49.9 Å². The van der Waals surface area contributed by atoms with Gasteiger partial charge in [0, 0.05) is 52.4 Å². The highest BCUT2D eigenvalue weighted by atomic mass is 16.4. The van der Waals surface area contributed by atoms with Gasteiger partial charge in [-0.15, -0.1) is 0 Å². The second-order valence-electron chi connectivity index (χ2n) is 9.35. The number of hydrogen-bond acceptors (Lipinski definition) is 12. The SMILES string of the molecule is O=CC(CC(=O)O)N1CCN(C(C=O)CC(=O)O)CCN(C(C=O)CC(=O)O)CCN(C(C=O)CC(=O)O)CC1. The number of aliphatic carboxylic acids is 4. The van der Waals surface area contributed by atoms with E-state index < -0.39 is 73.7 Å². The lowest BCUT2D eigenvalue weighted by molar-refractivity contribution is -0.141. The number of carbonyl (C=O) groups excluding carboxylic acids is 4. The molecule has 0 aromatic heterocycles. The molecule has 0 aromatic rings. The van der Waals surface area contributed by atoms with Crippen molar-refractivity contribution in [2.75, 3.05) is 52.4 Å². The van der Waals surface area contributed by atoms with E-state index in [1.165, 1.54) is 19.6 Å². The summed E-state index contributed by atoms with van der Waals surface area (Å²) in [4.78, 5) is 98.7. The molecule has 1 saturated heterocycles. The van der Waals surface area contributed by atoms with Crippen molar-refractivity contribution in [3.8, 4) is 0 Å². The smallest absolute Gasteiger partial charge is 0.305 e. The summed E-state index contributed by atoms with van der Waals surface area (Å²) >= 11 is 0. The topological polar surface area (TPSA) is 230 Å². The number of nitrogens with zero attached hydrogens (tertiary/aromatic N) is 4. The van der Waals surface area contributed by atoms with Crippen LogP contribution in [0, 0.1) is 0 Å². The molecule has 0 spiro atoms. The van der Waals surface area contributed by atoms with E-state index in [0.717, 1.165) is 0 Å². The van der Waals surface area contributed by atoms with Crippen LogP contribution in [0.1, 0.15) is 25.7 Å². The second kappa shape index (κ2) is 17.9. The van der Waals surface area contributed by atoms with Crippen LogP contribution in [0.15, 0.2) is 0 Å². The van der Waals surface area contributed by atoms with Gasteiger partial charge in [-0.05, 0) is 0 Å². The predicted octanol–water partition coefficient (Wildman–Crippen LogP) is -2.62. The van der Waals surface area contributed by atoms with Gasteiger partial charge in [0.2, 0.25) is 0 Å². The Morgan fingerprint density at radius 3 is 0.675 bits per heavy atom. The monoisotopic (exact) mass is 572 g/mol. The molecule has 0 amide bonds. The van der Waals surface area contributed by atoms with Crippen molar-refractivity contribution in [1.82, 2.24) is 19.6 Å². The van der Waals surface area contributed by atoms with Gasteiger partial charge in [-0.2, -0.15) is 0 Å². The molecule has 1 aliphatic heterocycles. The number of carboxylic acid groups (broad SMARTS) is 4. The molecule has 0 aliphatic carbocycles. The first-order chi connectivity index (χ1) is 18.9. The Balaban J connectivity index is 3.46. The lowest BCUT2D eigenvalue weighted by Gasteiger charge is -2.38. The number of aldehydes is 4. The van der Waals surface area contributed by atoms with Crippen LogP contribution in [-0.4, -0.2) is 166 Å². The van der Waals surface area contributed by atoms with Crippen molar-refractivity contribution >= 4 is 49.0 Å². The molecule has 4 N–H and O–H groups in total. The van der Waals surface area contributed by atoms with Gasteiger partial charge in [-0.3, -0.25) is 38.8 Å². The molecule has 0 saturated carbocycles. The first-order valence-electron chi connectivity index (χ1n) is 12.6. The summed E-state index contributed by atoms with van der Waals surface area (Å²) in [7, 11) is 0. The third-order valence-electron chi connectivity index (χ3n) is 6.74. The van der Waals surface area contributed by atoms with Crippen molar-refractivity contribution in [3.63, 3.8) is 0 Å². The molecule has 1 aliphatic rings. The van der Waals surface area contributed by atoms with Gasteiger partial charge < -0.3 is 39.6 Å². The van der Waals surface area contributed by atoms with Crippen LogP contribution in [0.4, 0.5) is 0 Å². The molecule has 0 aromatic carbocycles. The van der Waals surface area contributed by atoms with Gasteiger partial charge in [0.1, 0.15) is 25.1 Å². The molecule has 1 rings (SSSR count). The van der Waals surface area contributed by atoms with Crippen LogP contribution in [-0.2, 0) is 38.4 Å². The van der Waals surface area contributed by atoms with Crippen molar-refractivity contribution < 1.29 is 58.8 Å². The van der Waals surface area contributed by atoms with Crippen LogP contribution >= 0.6 is 0 Å². The van der Waals surface area contributed by atoms with Crippen LogP contribution in [0.2, 0.25) is 0 Å². The highest BCUT2D eigenvalue weighted by Crippen LogP contribution is 2.13. The number of hydrogen-bond donors (Lipinski definition) is 4. The van der Waals surface area contributed by atoms with E-state index in [0.29, 0.717) is 25.1 Å². The highest BCUT2D eigenvalue weighted by Gasteiger charge is 2.30. The lowest BCUT2D eigenvalue weighted by atomic mass is 10.1. The van der Waals surface area contributed by atoms with Gasteiger partial charge in [-0.25, -0.2) is 0 Å². The summed E-state index contributed by atoms with van der Waals surface area (Å²) in [5, 5.41) is 37.1. The average molecular weight is 573 g/mol. The van der Waals surface area contributed by atoms with E-state index in [2.05, 4.69) is 0 Å². The Kier molecular flexibility index (Phi) is 15.4. The van der Waals surface area contributed by atoms with Crippen molar-refractivity contribution in [3.05, 3.63) is 0 Å². The summed E-state index contributed by atoms with van der Waals surface area (Å²) in [6, 6.07) is -4.39. The minimum atomic E-state index is -1.25. The van der Waals surface area contributed by atoms with Crippen LogP contribution in [0.5, 0.6) is 0 Å². The van der Waals surface area contributed by atoms with Gasteiger partial charge >= 0.3 is 23.9 Å². The third kappa shape index (κ3) is 12.1. The van der Waals surface area contributed by atoms with E-state index in [1.807, 2.05) is 0 Å². The molecule has 1 fully saturated rings. The number of carboxylic acids is 4. The second-order valence-corrected chi connectivity index (χ2v) is 9.35. The maximum absolute atomic E-state index is 11.8. The van der Waals surface area contributed by atoms with Crippen LogP contribution < -0.4 is 0 Å². The fourth-order valence-corrected chi connectivity index (χ4v) is 4.57. The van der Waals surface area contributed by atoms with Gasteiger partial charge in [-0.1, -0.05) is 0 Å². The normalized spacial score (nSPS) is 20.0.